The van der Waals surface area contributed by atoms with Crippen molar-refractivity contribution in [2.24, 2.45) is 5.92 Å². The van der Waals surface area contributed by atoms with Gasteiger partial charge < -0.3 is 10.2 Å². The number of carbonyl (C=O) groups is 1. The lowest BCUT2D eigenvalue weighted by Gasteiger charge is -2.34. The van der Waals surface area contributed by atoms with Gasteiger partial charge in [0.1, 0.15) is 0 Å². The number of nitrogens with two attached hydrogens (primary N) is 1. The van der Waals surface area contributed by atoms with E-state index in [4.69, 9.17) is 0 Å². The number of rotatable bonds is 5. The Morgan fingerprint density at radius 1 is 1.40 bits per heavy atom. The molecule has 3 nitrogen and oxygen atoms in total. The van der Waals surface area contributed by atoms with Gasteiger partial charge in [-0.1, -0.05) is 38.1 Å². The maximum Gasteiger partial charge on any atom is 0.278 e. The van der Waals surface area contributed by atoms with Gasteiger partial charge in [-0.2, -0.15) is 0 Å². The van der Waals surface area contributed by atoms with Gasteiger partial charge in [0, 0.05) is 6.54 Å². The van der Waals surface area contributed by atoms with Gasteiger partial charge in [-0.05, 0) is 36.8 Å². The summed E-state index contributed by atoms with van der Waals surface area (Å²) in [6.07, 6.45) is 2.16. The second-order valence-corrected chi connectivity index (χ2v) is 6.18. The van der Waals surface area contributed by atoms with Crippen LogP contribution in [0.3, 0.4) is 0 Å². The summed E-state index contributed by atoms with van der Waals surface area (Å²) in [5, 5.41) is 2.15. The van der Waals surface area contributed by atoms with E-state index >= 15 is 0 Å². The Kier molecular flexibility index (Phi) is 5.18. The highest BCUT2D eigenvalue weighted by molar-refractivity contribution is 5.77. The molecule has 0 bridgehead atoms. The van der Waals surface area contributed by atoms with E-state index in [-0.39, 0.29) is 11.9 Å². The summed E-state index contributed by atoms with van der Waals surface area (Å²) in [7, 11) is 0. The van der Waals surface area contributed by atoms with Crippen LogP contribution in [0.4, 0.5) is 0 Å². The van der Waals surface area contributed by atoms with Gasteiger partial charge in [0.25, 0.3) is 5.91 Å². The number of nitrogens with zero attached hydrogens (tertiary/aromatic N) is 1. The van der Waals surface area contributed by atoms with E-state index in [1.807, 2.05) is 4.90 Å². The standard InChI is InChI=1S/C17H26N2O/c1-13(2)8-10-18-12-17(20)19-11-9-15-6-4-5-7-16(15)14(19)3/h4-7,13-14,18H,8-12H2,1-3H3/p+1/t14-/m1/s1. The highest BCUT2D eigenvalue weighted by Gasteiger charge is 2.27. The maximum absolute atomic E-state index is 12.4. The average Bonchev–Trinajstić information content (AvgIpc) is 2.44. The van der Waals surface area contributed by atoms with Crippen LogP contribution >= 0.6 is 0 Å². The fraction of sp³-hybridized carbons (Fsp3) is 0.588. The molecular formula is C17H27N2O+. The molecule has 0 aromatic heterocycles. The number of hydrogen-bond acceptors (Lipinski definition) is 1. The third-order valence-electron chi connectivity index (χ3n) is 4.18. The minimum atomic E-state index is 0.214. The topological polar surface area (TPSA) is 36.9 Å². The molecule has 0 saturated carbocycles. The second kappa shape index (κ2) is 6.89. The van der Waals surface area contributed by atoms with Crippen LogP contribution in [0.25, 0.3) is 0 Å². The van der Waals surface area contributed by atoms with E-state index in [1.165, 1.54) is 17.5 Å². The van der Waals surface area contributed by atoms with Gasteiger partial charge >= 0.3 is 0 Å². The van der Waals surface area contributed by atoms with Crippen molar-refractivity contribution in [1.82, 2.24) is 4.90 Å². The van der Waals surface area contributed by atoms with Gasteiger partial charge in [-0.3, -0.25) is 4.79 Å². The monoisotopic (exact) mass is 275 g/mol. The summed E-state index contributed by atoms with van der Waals surface area (Å²) in [5.74, 6) is 0.984. The quantitative estimate of drug-likeness (QED) is 0.817. The fourth-order valence-electron chi connectivity index (χ4n) is 2.91. The van der Waals surface area contributed by atoms with E-state index in [9.17, 15) is 4.79 Å². The summed E-state index contributed by atoms with van der Waals surface area (Å²) < 4.78 is 0. The van der Waals surface area contributed by atoms with Crippen molar-refractivity contribution in [1.29, 1.82) is 0 Å². The zero-order chi connectivity index (χ0) is 14.5. The van der Waals surface area contributed by atoms with Crippen LogP contribution in [0, 0.1) is 5.92 Å². The first kappa shape index (κ1) is 15.0. The normalized spacial score (nSPS) is 18.2. The van der Waals surface area contributed by atoms with Gasteiger partial charge in [0.15, 0.2) is 6.54 Å². The Morgan fingerprint density at radius 3 is 2.90 bits per heavy atom. The Bertz CT molecular complexity index is 456. The molecule has 1 aliphatic heterocycles. The Labute approximate surface area is 122 Å². The first-order valence-electron chi connectivity index (χ1n) is 7.78. The first-order chi connectivity index (χ1) is 9.59. The van der Waals surface area contributed by atoms with Crippen LogP contribution in [0.5, 0.6) is 0 Å². The van der Waals surface area contributed by atoms with Crippen molar-refractivity contribution in [3.63, 3.8) is 0 Å². The van der Waals surface area contributed by atoms with Crippen molar-refractivity contribution in [2.75, 3.05) is 19.6 Å². The van der Waals surface area contributed by atoms with E-state index in [1.54, 1.807) is 0 Å². The number of amides is 1. The Hall–Kier alpha value is -1.35. The zero-order valence-corrected chi connectivity index (χ0v) is 12.9. The van der Waals surface area contributed by atoms with Crippen molar-refractivity contribution in [3.05, 3.63) is 35.4 Å². The fourth-order valence-corrected chi connectivity index (χ4v) is 2.91. The molecule has 3 heteroatoms. The van der Waals surface area contributed by atoms with Crippen LogP contribution in [0.1, 0.15) is 44.4 Å². The zero-order valence-electron chi connectivity index (χ0n) is 12.9. The minimum absolute atomic E-state index is 0.214. The molecule has 1 atom stereocenters. The smallest absolute Gasteiger partial charge is 0.278 e. The van der Waals surface area contributed by atoms with E-state index in [0.29, 0.717) is 12.5 Å². The number of fused-ring (bicyclic) bond motifs is 1. The van der Waals surface area contributed by atoms with Crippen LogP contribution < -0.4 is 5.32 Å². The molecule has 0 aliphatic carbocycles. The molecule has 2 N–H and O–H groups in total. The van der Waals surface area contributed by atoms with E-state index < -0.39 is 0 Å². The highest BCUT2D eigenvalue weighted by Crippen LogP contribution is 2.28. The molecule has 0 fully saturated rings. The van der Waals surface area contributed by atoms with Crippen LogP contribution in [0.2, 0.25) is 0 Å². The molecule has 0 saturated heterocycles. The SMILES string of the molecule is CC(C)CC[NH2+]CC(=O)N1CCc2ccccc2[C@H]1C. The predicted octanol–water partition coefficient (Wildman–Crippen LogP) is 1.74. The van der Waals surface area contributed by atoms with Crippen molar-refractivity contribution >= 4 is 5.91 Å². The number of quaternary nitrogens is 1. The number of hydrogen-bond donors (Lipinski definition) is 1. The summed E-state index contributed by atoms with van der Waals surface area (Å²) in [5.41, 5.74) is 2.71. The van der Waals surface area contributed by atoms with Crippen molar-refractivity contribution in [3.8, 4) is 0 Å². The Balaban J connectivity index is 1.89. The lowest BCUT2D eigenvalue weighted by molar-refractivity contribution is -0.645. The molecule has 1 amide bonds. The molecule has 1 aromatic carbocycles. The lowest BCUT2D eigenvalue weighted by atomic mass is 9.93. The molecular weight excluding hydrogens is 248 g/mol. The molecule has 0 unspecified atom stereocenters. The lowest BCUT2D eigenvalue weighted by Crippen LogP contribution is -2.86. The summed E-state index contributed by atoms with van der Waals surface area (Å²) >= 11 is 0. The van der Waals surface area contributed by atoms with Gasteiger partial charge in [0.05, 0.1) is 12.6 Å². The minimum Gasteiger partial charge on any atom is -0.338 e. The van der Waals surface area contributed by atoms with Crippen molar-refractivity contribution < 1.29 is 10.1 Å². The maximum atomic E-state index is 12.4. The second-order valence-electron chi connectivity index (χ2n) is 6.18. The molecule has 0 radical (unpaired) electrons. The predicted molar refractivity (Wildman–Crippen MR) is 81.4 cm³/mol. The number of benzene rings is 1. The van der Waals surface area contributed by atoms with Gasteiger partial charge in [-0.15, -0.1) is 0 Å². The summed E-state index contributed by atoms with van der Waals surface area (Å²) in [6.45, 7) is 9.07. The van der Waals surface area contributed by atoms with E-state index in [2.05, 4.69) is 50.4 Å². The molecule has 110 valence electrons. The molecule has 1 heterocycles. The van der Waals surface area contributed by atoms with E-state index in [0.717, 1.165) is 19.5 Å². The summed E-state index contributed by atoms with van der Waals surface area (Å²) in [6, 6.07) is 8.71. The third kappa shape index (κ3) is 3.60. The molecule has 20 heavy (non-hydrogen) atoms. The van der Waals surface area contributed by atoms with Crippen LogP contribution in [-0.2, 0) is 11.2 Å². The van der Waals surface area contributed by atoms with Crippen LogP contribution in [-0.4, -0.2) is 30.4 Å². The largest absolute Gasteiger partial charge is 0.338 e. The van der Waals surface area contributed by atoms with Crippen molar-refractivity contribution in [2.45, 2.75) is 39.7 Å². The highest BCUT2D eigenvalue weighted by atomic mass is 16.2. The molecule has 1 aliphatic rings. The first-order valence-corrected chi connectivity index (χ1v) is 7.78. The molecule has 2 rings (SSSR count). The molecule has 0 spiro atoms. The number of carbonyl (C=O) groups excluding carboxylic acids is 1. The summed E-state index contributed by atoms with van der Waals surface area (Å²) in [4.78, 5) is 14.4. The molecule has 1 aromatic rings. The third-order valence-corrected chi connectivity index (χ3v) is 4.18. The van der Waals surface area contributed by atoms with Gasteiger partial charge in [0.2, 0.25) is 0 Å². The Morgan fingerprint density at radius 2 is 2.15 bits per heavy atom. The average molecular weight is 275 g/mol. The van der Waals surface area contributed by atoms with Gasteiger partial charge in [-0.25, -0.2) is 0 Å². The van der Waals surface area contributed by atoms with Crippen LogP contribution in [0.15, 0.2) is 24.3 Å².